The van der Waals surface area contributed by atoms with E-state index < -0.39 is 0 Å². The van der Waals surface area contributed by atoms with Crippen LogP contribution in [0.5, 0.6) is 0 Å². The van der Waals surface area contributed by atoms with Gasteiger partial charge in [-0.25, -0.2) is 0 Å². The molecular weight excluding hydrogens is 262 g/mol. The van der Waals surface area contributed by atoms with Gasteiger partial charge in [0.05, 0.1) is 0 Å². The molecule has 1 aromatic rings. The van der Waals surface area contributed by atoms with Crippen molar-refractivity contribution in [2.45, 2.75) is 12.8 Å². The molecule has 0 atom stereocenters. The van der Waals surface area contributed by atoms with Crippen LogP contribution in [0.4, 0.5) is 5.69 Å². The molecule has 112 valence electrons. The molecule has 1 heterocycles. The Labute approximate surface area is 126 Å². The van der Waals surface area contributed by atoms with Gasteiger partial charge in [-0.2, -0.15) is 0 Å². The van der Waals surface area contributed by atoms with Gasteiger partial charge in [-0.05, 0) is 42.5 Å². The van der Waals surface area contributed by atoms with E-state index in [0.717, 1.165) is 43.3 Å². The van der Waals surface area contributed by atoms with Crippen LogP contribution in [-0.2, 0) is 4.79 Å². The van der Waals surface area contributed by atoms with Gasteiger partial charge in [-0.3, -0.25) is 9.69 Å². The zero-order valence-electron chi connectivity index (χ0n) is 12.4. The van der Waals surface area contributed by atoms with Gasteiger partial charge in [-0.15, -0.1) is 0 Å². The summed E-state index contributed by atoms with van der Waals surface area (Å²) < 4.78 is 0. The van der Waals surface area contributed by atoms with Crippen LogP contribution in [0.3, 0.4) is 0 Å². The van der Waals surface area contributed by atoms with Gasteiger partial charge in [0, 0.05) is 44.5 Å². The van der Waals surface area contributed by atoms with E-state index in [1.54, 1.807) is 6.08 Å². The average Bonchev–Trinajstić information content (AvgIpc) is 3.30. The maximum Gasteiger partial charge on any atom is 0.246 e. The lowest BCUT2D eigenvalue weighted by molar-refractivity contribution is -0.127. The van der Waals surface area contributed by atoms with Crippen molar-refractivity contribution in [1.82, 2.24) is 9.80 Å². The van der Waals surface area contributed by atoms with Crippen molar-refractivity contribution in [1.29, 1.82) is 0 Å². The molecule has 0 aromatic heterocycles. The molecule has 2 aliphatic rings. The topological polar surface area (TPSA) is 49.6 Å². The fraction of sp³-hybridized carbons (Fsp3) is 0.471. The Kier molecular flexibility index (Phi) is 4.25. The number of anilines is 1. The van der Waals surface area contributed by atoms with E-state index in [-0.39, 0.29) is 5.91 Å². The first-order chi connectivity index (χ1) is 10.2. The Morgan fingerprint density at radius 3 is 2.67 bits per heavy atom. The van der Waals surface area contributed by atoms with E-state index in [2.05, 4.69) is 4.90 Å². The van der Waals surface area contributed by atoms with Crippen LogP contribution < -0.4 is 5.73 Å². The van der Waals surface area contributed by atoms with E-state index in [1.807, 2.05) is 35.2 Å². The van der Waals surface area contributed by atoms with Gasteiger partial charge >= 0.3 is 0 Å². The maximum absolute atomic E-state index is 12.2. The molecular formula is C17H23N3O. The Morgan fingerprint density at radius 1 is 1.24 bits per heavy atom. The van der Waals surface area contributed by atoms with E-state index in [0.29, 0.717) is 0 Å². The molecule has 0 radical (unpaired) electrons. The molecule has 2 fully saturated rings. The molecule has 1 saturated heterocycles. The van der Waals surface area contributed by atoms with Crippen LogP contribution >= 0.6 is 0 Å². The summed E-state index contributed by atoms with van der Waals surface area (Å²) in [4.78, 5) is 16.6. The summed E-state index contributed by atoms with van der Waals surface area (Å²) in [7, 11) is 0. The lowest BCUT2D eigenvalue weighted by Gasteiger charge is -2.34. The minimum Gasteiger partial charge on any atom is -0.399 e. The average molecular weight is 285 g/mol. The van der Waals surface area contributed by atoms with Crippen LogP contribution in [0.15, 0.2) is 30.3 Å². The molecule has 4 nitrogen and oxygen atoms in total. The van der Waals surface area contributed by atoms with Crippen LogP contribution in [0.1, 0.15) is 18.4 Å². The van der Waals surface area contributed by atoms with E-state index in [4.69, 9.17) is 5.73 Å². The Hall–Kier alpha value is -1.81. The monoisotopic (exact) mass is 285 g/mol. The molecule has 1 amide bonds. The smallest absolute Gasteiger partial charge is 0.246 e. The molecule has 0 spiro atoms. The number of nitrogens with two attached hydrogens (primary N) is 1. The SMILES string of the molecule is Nc1cccc(/C=C/C(=O)N2CCN(CC3CC3)CC2)c1. The lowest BCUT2D eigenvalue weighted by atomic mass is 10.2. The summed E-state index contributed by atoms with van der Waals surface area (Å²) in [6, 6.07) is 7.57. The Balaban J connectivity index is 1.49. The number of benzene rings is 1. The second-order valence-electron chi connectivity index (χ2n) is 6.07. The predicted octanol–water partition coefficient (Wildman–Crippen LogP) is 1.84. The Morgan fingerprint density at radius 2 is 2.00 bits per heavy atom. The van der Waals surface area contributed by atoms with E-state index in [1.165, 1.54) is 19.4 Å². The van der Waals surface area contributed by atoms with Gasteiger partial charge < -0.3 is 10.6 Å². The number of piperazine rings is 1. The number of nitrogen functional groups attached to an aromatic ring is 1. The van der Waals surface area contributed by atoms with Crippen molar-refractivity contribution >= 4 is 17.7 Å². The Bertz CT molecular complexity index is 529. The van der Waals surface area contributed by atoms with E-state index >= 15 is 0 Å². The molecule has 3 rings (SSSR count). The van der Waals surface area contributed by atoms with Gasteiger partial charge in [0.25, 0.3) is 0 Å². The highest BCUT2D eigenvalue weighted by Gasteiger charge is 2.27. The second-order valence-corrected chi connectivity index (χ2v) is 6.07. The molecule has 2 N–H and O–H groups in total. The summed E-state index contributed by atoms with van der Waals surface area (Å²) in [6.45, 7) is 4.92. The zero-order valence-corrected chi connectivity index (χ0v) is 12.4. The third-order valence-corrected chi connectivity index (χ3v) is 4.23. The zero-order chi connectivity index (χ0) is 14.7. The van der Waals surface area contributed by atoms with Crippen LogP contribution in [0.25, 0.3) is 6.08 Å². The molecule has 0 unspecified atom stereocenters. The molecule has 0 bridgehead atoms. The largest absolute Gasteiger partial charge is 0.399 e. The first-order valence-corrected chi connectivity index (χ1v) is 7.75. The van der Waals surface area contributed by atoms with Crippen molar-refractivity contribution in [3.8, 4) is 0 Å². The minimum atomic E-state index is 0.100. The van der Waals surface area contributed by atoms with Crippen molar-refractivity contribution < 1.29 is 4.79 Å². The minimum absolute atomic E-state index is 0.100. The molecule has 1 aromatic carbocycles. The molecule has 1 saturated carbocycles. The quantitative estimate of drug-likeness (QED) is 0.678. The first kappa shape index (κ1) is 14.1. The highest BCUT2D eigenvalue weighted by molar-refractivity contribution is 5.92. The van der Waals surface area contributed by atoms with E-state index in [9.17, 15) is 4.79 Å². The fourth-order valence-electron chi connectivity index (χ4n) is 2.75. The summed E-state index contributed by atoms with van der Waals surface area (Å²) in [5, 5.41) is 0. The highest BCUT2D eigenvalue weighted by atomic mass is 16.2. The highest BCUT2D eigenvalue weighted by Crippen LogP contribution is 2.29. The van der Waals surface area contributed by atoms with Crippen LogP contribution in [-0.4, -0.2) is 48.4 Å². The maximum atomic E-state index is 12.2. The van der Waals surface area contributed by atoms with Gasteiger partial charge in [0.15, 0.2) is 0 Å². The van der Waals surface area contributed by atoms with Crippen molar-refractivity contribution in [2.75, 3.05) is 38.5 Å². The second kappa shape index (κ2) is 6.31. The number of hydrogen-bond acceptors (Lipinski definition) is 3. The third-order valence-electron chi connectivity index (χ3n) is 4.23. The summed E-state index contributed by atoms with van der Waals surface area (Å²) in [5.74, 6) is 1.03. The molecule has 4 heteroatoms. The first-order valence-electron chi connectivity index (χ1n) is 7.75. The summed E-state index contributed by atoms with van der Waals surface area (Å²) in [6.07, 6.45) is 6.28. The fourth-order valence-corrected chi connectivity index (χ4v) is 2.75. The van der Waals surface area contributed by atoms with Crippen molar-refractivity contribution in [3.63, 3.8) is 0 Å². The van der Waals surface area contributed by atoms with Gasteiger partial charge in [0.2, 0.25) is 5.91 Å². The predicted molar refractivity (Wildman–Crippen MR) is 85.6 cm³/mol. The summed E-state index contributed by atoms with van der Waals surface area (Å²) >= 11 is 0. The molecule has 21 heavy (non-hydrogen) atoms. The summed E-state index contributed by atoms with van der Waals surface area (Å²) in [5.41, 5.74) is 7.42. The number of carbonyl (C=O) groups excluding carboxylic acids is 1. The van der Waals surface area contributed by atoms with Gasteiger partial charge in [0.1, 0.15) is 0 Å². The van der Waals surface area contributed by atoms with Crippen molar-refractivity contribution in [3.05, 3.63) is 35.9 Å². The van der Waals surface area contributed by atoms with Crippen LogP contribution in [0.2, 0.25) is 0 Å². The number of carbonyl (C=O) groups is 1. The molecule has 1 aliphatic carbocycles. The number of hydrogen-bond donors (Lipinski definition) is 1. The van der Waals surface area contributed by atoms with Gasteiger partial charge in [-0.1, -0.05) is 12.1 Å². The lowest BCUT2D eigenvalue weighted by Crippen LogP contribution is -2.48. The number of rotatable bonds is 4. The normalized spacial score (nSPS) is 20.1. The van der Waals surface area contributed by atoms with Crippen LogP contribution in [0, 0.1) is 5.92 Å². The third kappa shape index (κ3) is 4.08. The van der Waals surface area contributed by atoms with Crippen molar-refractivity contribution in [2.24, 2.45) is 5.92 Å². The number of amides is 1. The molecule has 1 aliphatic heterocycles. The number of nitrogens with zero attached hydrogens (tertiary/aromatic N) is 2. The standard InChI is InChI=1S/C17H23N3O/c18-16-3-1-2-14(12-16)6-7-17(21)20-10-8-19(9-11-20)13-15-4-5-15/h1-3,6-7,12,15H,4-5,8-11,13,18H2/b7-6+.